The fourth-order valence-electron chi connectivity index (χ4n) is 2.47. The van der Waals surface area contributed by atoms with Crippen LogP contribution in [0, 0.1) is 0 Å². The first-order chi connectivity index (χ1) is 13.4. The van der Waals surface area contributed by atoms with Gasteiger partial charge in [0.05, 0.1) is 0 Å². The first kappa shape index (κ1) is 21.0. The van der Waals surface area contributed by atoms with E-state index in [1.807, 2.05) is 20.8 Å². The lowest BCUT2D eigenvalue weighted by Gasteiger charge is -2.11. The molecule has 7 nitrogen and oxygen atoms in total. The summed E-state index contributed by atoms with van der Waals surface area (Å²) in [5.41, 5.74) is 2.40. The summed E-state index contributed by atoms with van der Waals surface area (Å²) < 4.78 is 0. The van der Waals surface area contributed by atoms with Crippen LogP contribution in [0.4, 0.5) is 10.5 Å². The van der Waals surface area contributed by atoms with E-state index >= 15 is 0 Å². The lowest BCUT2D eigenvalue weighted by molar-refractivity contribution is 0.0954. The molecular formula is C21H26N4O3. The van der Waals surface area contributed by atoms with E-state index in [2.05, 4.69) is 21.3 Å². The molecule has 0 aromatic heterocycles. The summed E-state index contributed by atoms with van der Waals surface area (Å²) >= 11 is 0. The van der Waals surface area contributed by atoms with Gasteiger partial charge in [-0.1, -0.05) is 18.2 Å². The Morgan fingerprint density at radius 3 is 2.25 bits per heavy atom. The van der Waals surface area contributed by atoms with Gasteiger partial charge in [-0.3, -0.25) is 9.59 Å². The standard InChI is InChI=1S/C21H26N4O3/c1-4-22-19(26)17-6-5-7-18(12-17)25-20(27)16-10-8-15(9-11-16)13-23-21(28)24-14(2)3/h5-12,14H,4,13H2,1-3H3,(H,22,26)(H,25,27)(H2,23,24,28). The van der Waals surface area contributed by atoms with Crippen molar-refractivity contribution in [3.63, 3.8) is 0 Å². The molecule has 28 heavy (non-hydrogen) atoms. The van der Waals surface area contributed by atoms with E-state index in [1.54, 1.807) is 48.5 Å². The van der Waals surface area contributed by atoms with Crippen LogP contribution < -0.4 is 21.3 Å². The number of amides is 4. The minimum Gasteiger partial charge on any atom is -0.352 e. The van der Waals surface area contributed by atoms with Crippen LogP contribution in [0.2, 0.25) is 0 Å². The average Bonchev–Trinajstić information content (AvgIpc) is 2.66. The number of carbonyl (C=O) groups is 3. The Kier molecular flexibility index (Phi) is 7.56. The molecule has 7 heteroatoms. The number of hydrogen-bond donors (Lipinski definition) is 4. The van der Waals surface area contributed by atoms with Crippen LogP contribution in [0.1, 0.15) is 47.1 Å². The van der Waals surface area contributed by atoms with Crippen molar-refractivity contribution in [1.29, 1.82) is 0 Å². The molecule has 2 aromatic rings. The van der Waals surface area contributed by atoms with Crippen molar-refractivity contribution in [1.82, 2.24) is 16.0 Å². The molecule has 0 aliphatic heterocycles. The molecule has 0 unspecified atom stereocenters. The van der Waals surface area contributed by atoms with E-state index in [0.29, 0.717) is 29.9 Å². The highest BCUT2D eigenvalue weighted by Gasteiger charge is 2.09. The highest BCUT2D eigenvalue weighted by molar-refractivity contribution is 6.05. The maximum absolute atomic E-state index is 12.4. The zero-order valence-corrected chi connectivity index (χ0v) is 16.3. The van der Waals surface area contributed by atoms with Gasteiger partial charge < -0.3 is 21.3 Å². The summed E-state index contributed by atoms with van der Waals surface area (Å²) in [5.74, 6) is -0.456. The van der Waals surface area contributed by atoms with Crippen LogP contribution >= 0.6 is 0 Å². The first-order valence-electron chi connectivity index (χ1n) is 9.22. The van der Waals surface area contributed by atoms with Gasteiger partial charge in [0.15, 0.2) is 0 Å². The Hall–Kier alpha value is -3.35. The van der Waals surface area contributed by atoms with Gasteiger partial charge in [0.25, 0.3) is 11.8 Å². The molecule has 4 N–H and O–H groups in total. The van der Waals surface area contributed by atoms with Crippen molar-refractivity contribution in [3.05, 3.63) is 65.2 Å². The summed E-state index contributed by atoms with van der Waals surface area (Å²) in [6.07, 6.45) is 0. The smallest absolute Gasteiger partial charge is 0.315 e. The summed E-state index contributed by atoms with van der Waals surface area (Å²) in [6.45, 7) is 6.53. The molecule has 0 radical (unpaired) electrons. The molecule has 0 saturated heterocycles. The molecule has 2 rings (SSSR count). The lowest BCUT2D eigenvalue weighted by Crippen LogP contribution is -2.39. The van der Waals surface area contributed by atoms with E-state index in [1.165, 1.54) is 0 Å². The number of anilines is 1. The molecule has 0 spiro atoms. The van der Waals surface area contributed by atoms with E-state index in [-0.39, 0.29) is 23.9 Å². The normalized spacial score (nSPS) is 10.3. The van der Waals surface area contributed by atoms with Crippen LogP contribution in [0.15, 0.2) is 48.5 Å². The molecule has 148 valence electrons. The Bertz CT molecular complexity index is 832. The number of benzene rings is 2. The first-order valence-corrected chi connectivity index (χ1v) is 9.22. The monoisotopic (exact) mass is 382 g/mol. The maximum atomic E-state index is 12.4. The van der Waals surface area contributed by atoms with Crippen molar-refractivity contribution >= 4 is 23.5 Å². The third-order valence-electron chi connectivity index (χ3n) is 3.81. The molecule has 0 fully saturated rings. The second-order valence-electron chi connectivity index (χ2n) is 6.57. The summed E-state index contributed by atoms with van der Waals surface area (Å²) in [6, 6.07) is 13.6. The zero-order chi connectivity index (χ0) is 20.5. The van der Waals surface area contributed by atoms with Crippen molar-refractivity contribution in [2.24, 2.45) is 0 Å². The Morgan fingerprint density at radius 2 is 1.61 bits per heavy atom. The van der Waals surface area contributed by atoms with Crippen molar-refractivity contribution in [2.45, 2.75) is 33.4 Å². The van der Waals surface area contributed by atoms with Gasteiger partial charge >= 0.3 is 6.03 Å². The maximum Gasteiger partial charge on any atom is 0.315 e. The van der Waals surface area contributed by atoms with Gasteiger partial charge in [-0.25, -0.2) is 4.79 Å². The van der Waals surface area contributed by atoms with Crippen molar-refractivity contribution in [2.75, 3.05) is 11.9 Å². The van der Waals surface area contributed by atoms with Crippen LogP contribution in [0.3, 0.4) is 0 Å². The number of urea groups is 1. The van der Waals surface area contributed by atoms with Gasteiger partial charge in [0.2, 0.25) is 0 Å². The van der Waals surface area contributed by atoms with Crippen LogP contribution in [-0.4, -0.2) is 30.4 Å². The molecule has 0 atom stereocenters. The van der Waals surface area contributed by atoms with Gasteiger partial charge in [-0.05, 0) is 56.7 Å². The summed E-state index contributed by atoms with van der Waals surface area (Å²) in [4.78, 5) is 35.9. The van der Waals surface area contributed by atoms with Crippen molar-refractivity contribution < 1.29 is 14.4 Å². The number of rotatable bonds is 7. The Balaban J connectivity index is 1.95. The average molecular weight is 382 g/mol. The molecule has 0 saturated carbocycles. The van der Waals surface area contributed by atoms with E-state index in [4.69, 9.17) is 0 Å². The lowest BCUT2D eigenvalue weighted by atomic mass is 10.1. The fraction of sp³-hybridized carbons (Fsp3) is 0.286. The molecule has 0 bridgehead atoms. The predicted octanol–water partition coefficient (Wildman–Crippen LogP) is 2.90. The van der Waals surface area contributed by atoms with E-state index < -0.39 is 0 Å². The van der Waals surface area contributed by atoms with Gasteiger partial charge in [0, 0.05) is 35.9 Å². The fourth-order valence-corrected chi connectivity index (χ4v) is 2.47. The molecule has 0 aliphatic rings. The van der Waals surface area contributed by atoms with Crippen LogP contribution in [0.5, 0.6) is 0 Å². The Labute approximate surface area is 164 Å². The third kappa shape index (κ3) is 6.42. The third-order valence-corrected chi connectivity index (χ3v) is 3.81. The number of nitrogens with one attached hydrogen (secondary N) is 4. The highest BCUT2D eigenvalue weighted by Crippen LogP contribution is 2.13. The summed E-state index contributed by atoms with van der Waals surface area (Å²) in [5, 5.41) is 11.0. The van der Waals surface area contributed by atoms with Crippen molar-refractivity contribution in [3.8, 4) is 0 Å². The van der Waals surface area contributed by atoms with Gasteiger partial charge in [-0.15, -0.1) is 0 Å². The van der Waals surface area contributed by atoms with E-state index in [0.717, 1.165) is 5.56 Å². The van der Waals surface area contributed by atoms with Crippen LogP contribution in [0.25, 0.3) is 0 Å². The molecular weight excluding hydrogens is 356 g/mol. The topological polar surface area (TPSA) is 99.3 Å². The molecule has 0 aliphatic carbocycles. The molecule has 4 amide bonds. The van der Waals surface area contributed by atoms with Crippen LogP contribution in [-0.2, 0) is 6.54 Å². The zero-order valence-electron chi connectivity index (χ0n) is 16.3. The quantitative estimate of drug-likeness (QED) is 0.592. The molecule has 2 aromatic carbocycles. The summed E-state index contributed by atoms with van der Waals surface area (Å²) in [7, 11) is 0. The van der Waals surface area contributed by atoms with Gasteiger partial charge in [0.1, 0.15) is 0 Å². The predicted molar refractivity (Wildman–Crippen MR) is 109 cm³/mol. The highest BCUT2D eigenvalue weighted by atomic mass is 16.2. The minimum absolute atomic E-state index is 0.0672. The number of carbonyl (C=O) groups excluding carboxylic acids is 3. The SMILES string of the molecule is CCNC(=O)c1cccc(NC(=O)c2ccc(CNC(=O)NC(C)C)cc2)c1. The molecule has 0 heterocycles. The minimum atomic E-state index is -0.273. The van der Waals surface area contributed by atoms with E-state index in [9.17, 15) is 14.4 Å². The largest absolute Gasteiger partial charge is 0.352 e. The second kappa shape index (κ2) is 10.1. The Morgan fingerprint density at radius 1 is 0.893 bits per heavy atom. The van der Waals surface area contributed by atoms with Gasteiger partial charge in [-0.2, -0.15) is 0 Å². The number of hydrogen-bond acceptors (Lipinski definition) is 3. The second-order valence-corrected chi connectivity index (χ2v) is 6.57.